The molecule has 3 rings (SSSR count). The largest absolute Gasteiger partial charge is 0.344 e. The molecule has 0 saturated carbocycles. The number of pyridine rings is 1. The summed E-state index contributed by atoms with van der Waals surface area (Å²) in [6, 6.07) is 3.57. The third-order valence-corrected chi connectivity index (χ3v) is 4.16. The van der Waals surface area contributed by atoms with Crippen LogP contribution in [0.1, 0.15) is 36.6 Å². The molecule has 2 atom stereocenters. The number of nitrogens with one attached hydrogen (secondary N) is 2. The molecule has 0 spiro atoms. The molecule has 1 amide bonds. The molecule has 2 unspecified atom stereocenters. The first-order valence-electron chi connectivity index (χ1n) is 6.88. The second-order valence-electron chi connectivity index (χ2n) is 5.47. The molecule has 102 valence electrons. The molecule has 0 radical (unpaired) electrons. The summed E-state index contributed by atoms with van der Waals surface area (Å²) in [6.45, 7) is 0.821. The van der Waals surface area contributed by atoms with Crippen LogP contribution in [0.5, 0.6) is 0 Å². The normalized spacial score (nSPS) is 26.6. The van der Waals surface area contributed by atoms with E-state index in [4.69, 9.17) is 0 Å². The molecule has 0 bridgehead atoms. The van der Waals surface area contributed by atoms with Crippen molar-refractivity contribution in [1.82, 2.24) is 15.2 Å². The third kappa shape index (κ3) is 2.30. The number of H-pyrrole nitrogens is 1. The number of aryl methyl sites for hydroxylation is 1. The Hall–Kier alpha value is -1.62. The lowest BCUT2D eigenvalue weighted by Gasteiger charge is -2.28. The van der Waals surface area contributed by atoms with Crippen molar-refractivity contribution in [2.24, 2.45) is 0 Å². The fourth-order valence-electron chi connectivity index (χ4n) is 3.09. The van der Waals surface area contributed by atoms with Crippen LogP contribution in [0.15, 0.2) is 16.9 Å². The van der Waals surface area contributed by atoms with Gasteiger partial charge in [-0.3, -0.25) is 14.9 Å². The van der Waals surface area contributed by atoms with Crippen molar-refractivity contribution >= 4 is 5.91 Å². The molecule has 0 aromatic carbocycles. The Labute approximate surface area is 112 Å². The highest BCUT2D eigenvalue weighted by atomic mass is 16.2. The molecule has 1 aliphatic heterocycles. The van der Waals surface area contributed by atoms with E-state index >= 15 is 0 Å². The number of rotatable bonds is 2. The summed E-state index contributed by atoms with van der Waals surface area (Å²) in [5.41, 5.74) is 2.12. The van der Waals surface area contributed by atoms with E-state index in [-0.39, 0.29) is 23.6 Å². The number of likely N-dealkylation sites (N-methyl/N-ethyl adjacent to an activating group) is 1. The average molecular weight is 261 g/mol. The summed E-state index contributed by atoms with van der Waals surface area (Å²) in [4.78, 5) is 28.0. The van der Waals surface area contributed by atoms with Crippen LogP contribution >= 0.6 is 0 Å². The van der Waals surface area contributed by atoms with Crippen LogP contribution in [0.2, 0.25) is 0 Å². The molecule has 19 heavy (non-hydrogen) atoms. The van der Waals surface area contributed by atoms with Crippen molar-refractivity contribution in [2.75, 3.05) is 13.6 Å². The van der Waals surface area contributed by atoms with Crippen molar-refractivity contribution in [3.63, 3.8) is 0 Å². The summed E-state index contributed by atoms with van der Waals surface area (Å²) in [6.07, 6.45) is 3.85. The summed E-state index contributed by atoms with van der Waals surface area (Å²) < 4.78 is 0. The van der Waals surface area contributed by atoms with Crippen molar-refractivity contribution < 1.29 is 4.79 Å². The average Bonchev–Trinajstić information content (AvgIpc) is 2.71. The third-order valence-electron chi connectivity index (χ3n) is 4.16. The van der Waals surface area contributed by atoms with E-state index in [2.05, 4.69) is 10.3 Å². The van der Waals surface area contributed by atoms with E-state index in [1.165, 1.54) is 0 Å². The lowest BCUT2D eigenvalue weighted by Crippen LogP contribution is -2.40. The predicted octanol–water partition coefficient (Wildman–Crippen LogP) is 0.573. The summed E-state index contributed by atoms with van der Waals surface area (Å²) in [7, 11) is 1.84. The number of hydrogen-bond acceptors (Lipinski definition) is 3. The molecule has 1 aromatic rings. The maximum absolute atomic E-state index is 12.0. The van der Waals surface area contributed by atoms with Gasteiger partial charge in [-0.15, -0.1) is 0 Å². The van der Waals surface area contributed by atoms with Gasteiger partial charge in [0.1, 0.15) is 0 Å². The van der Waals surface area contributed by atoms with Crippen LogP contribution < -0.4 is 10.9 Å². The van der Waals surface area contributed by atoms with Crippen LogP contribution in [0.25, 0.3) is 0 Å². The summed E-state index contributed by atoms with van der Waals surface area (Å²) >= 11 is 0. The Morgan fingerprint density at radius 1 is 1.26 bits per heavy atom. The molecule has 2 heterocycles. The van der Waals surface area contributed by atoms with Gasteiger partial charge in [0.2, 0.25) is 11.5 Å². The SMILES string of the molecule is CN1CCC(NC2CCCc3[nH]c(=O)ccc32)C1=O. The number of aromatic amines is 1. The summed E-state index contributed by atoms with van der Waals surface area (Å²) in [5, 5.41) is 3.46. The van der Waals surface area contributed by atoms with Crippen molar-refractivity contribution in [2.45, 2.75) is 37.8 Å². The van der Waals surface area contributed by atoms with Gasteiger partial charge in [-0.1, -0.05) is 6.07 Å². The number of amides is 1. The Balaban J connectivity index is 1.80. The van der Waals surface area contributed by atoms with Crippen LogP contribution in [0.4, 0.5) is 0 Å². The van der Waals surface area contributed by atoms with E-state index < -0.39 is 0 Å². The number of fused-ring (bicyclic) bond motifs is 1. The Bertz CT molecular complexity index is 552. The van der Waals surface area contributed by atoms with Crippen LogP contribution in [0, 0.1) is 0 Å². The number of aromatic nitrogens is 1. The minimum Gasteiger partial charge on any atom is -0.344 e. The highest BCUT2D eigenvalue weighted by molar-refractivity contribution is 5.83. The van der Waals surface area contributed by atoms with Gasteiger partial charge in [-0.25, -0.2) is 0 Å². The van der Waals surface area contributed by atoms with E-state index in [1.807, 2.05) is 13.1 Å². The fraction of sp³-hybridized carbons (Fsp3) is 0.571. The first kappa shape index (κ1) is 12.4. The Morgan fingerprint density at radius 3 is 2.84 bits per heavy atom. The zero-order valence-corrected chi connectivity index (χ0v) is 11.1. The zero-order chi connectivity index (χ0) is 13.4. The second kappa shape index (κ2) is 4.81. The smallest absolute Gasteiger partial charge is 0.248 e. The van der Waals surface area contributed by atoms with Crippen LogP contribution in [0.3, 0.4) is 0 Å². The lowest BCUT2D eigenvalue weighted by molar-refractivity contribution is -0.128. The first-order chi connectivity index (χ1) is 9.15. The monoisotopic (exact) mass is 261 g/mol. The van der Waals surface area contributed by atoms with Gasteiger partial charge in [0.15, 0.2) is 0 Å². The number of carbonyl (C=O) groups is 1. The van der Waals surface area contributed by atoms with Gasteiger partial charge < -0.3 is 9.88 Å². The Morgan fingerprint density at radius 2 is 2.11 bits per heavy atom. The predicted molar refractivity (Wildman–Crippen MR) is 71.9 cm³/mol. The molecule has 1 aromatic heterocycles. The molecule has 2 aliphatic rings. The molecular weight excluding hydrogens is 242 g/mol. The second-order valence-corrected chi connectivity index (χ2v) is 5.47. The molecule has 5 nitrogen and oxygen atoms in total. The van der Waals surface area contributed by atoms with Crippen LogP contribution in [-0.4, -0.2) is 35.4 Å². The van der Waals surface area contributed by atoms with E-state index in [1.54, 1.807) is 11.0 Å². The maximum atomic E-state index is 12.0. The molecular formula is C14H19N3O2. The van der Waals surface area contributed by atoms with E-state index in [0.29, 0.717) is 0 Å². The van der Waals surface area contributed by atoms with Gasteiger partial charge in [-0.2, -0.15) is 0 Å². The zero-order valence-electron chi connectivity index (χ0n) is 11.1. The van der Waals surface area contributed by atoms with Gasteiger partial charge in [0.25, 0.3) is 0 Å². The van der Waals surface area contributed by atoms with Gasteiger partial charge in [-0.05, 0) is 31.2 Å². The first-order valence-corrected chi connectivity index (χ1v) is 6.88. The minimum absolute atomic E-state index is 0.0453. The van der Waals surface area contributed by atoms with Crippen molar-refractivity contribution in [1.29, 1.82) is 0 Å². The quantitative estimate of drug-likeness (QED) is 0.818. The minimum atomic E-state index is -0.0760. The number of carbonyl (C=O) groups excluding carboxylic acids is 1. The number of hydrogen-bond donors (Lipinski definition) is 2. The van der Waals surface area contributed by atoms with Gasteiger partial charge in [0.05, 0.1) is 6.04 Å². The number of nitrogens with zero attached hydrogens (tertiary/aromatic N) is 1. The van der Waals surface area contributed by atoms with Crippen molar-refractivity contribution in [3.8, 4) is 0 Å². The highest BCUT2D eigenvalue weighted by Crippen LogP contribution is 2.28. The molecule has 1 fully saturated rings. The van der Waals surface area contributed by atoms with Gasteiger partial charge in [0, 0.05) is 31.4 Å². The fourth-order valence-corrected chi connectivity index (χ4v) is 3.09. The van der Waals surface area contributed by atoms with E-state index in [0.717, 1.165) is 43.5 Å². The van der Waals surface area contributed by atoms with Crippen LogP contribution in [-0.2, 0) is 11.2 Å². The molecule has 2 N–H and O–H groups in total. The number of likely N-dealkylation sites (tertiary alicyclic amines) is 1. The molecule has 1 saturated heterocycles. The van der Waals surface area contributed by atoms with E-state index in [9.17, 15) is 9.59 Å². The standard InChI is InChI=1S/C14H19N3O2/c1-17-8-7-12(14(17)19)15-10-3-2-4-11-9(10)5-6-13(18)16-11/h5-6,10,12,15H,2-4,7-8H2,1H3,(H,16,18). The Kier molecular flexibility index (Phi) is 3.14. The topological polar surface area (TPSA) is 65.2 Å². The highest BCUT2D eigenvalue weighted by Gasteiger charge is 2.32. The summed E-state index contributed by atoms with van der Waals surface area (Å²) in [5.74, 6) is 0.177. The molecule has 1 aliphatic carbocycles. The van der Waals surface area contributed by atoms with Gasteiger partial charge >= 0.3 is 0 Å². The lowest BCUT2D eigenvalue weighted by atomic mass is 9.90. The van der Waals surface area contributed by atoms with Crippen molar-refractivity contribution in [3.05, 3.63) is 33.7 Å². The molecule has 5 heteroatoms. The maximum Gasteiger partial charge on any atom is 0.248 e.